The predicted molar refractivity (Wildman–Crippen MR) is 90.5 cm³/mol. The van der Waals surface area contributed by atoms with Crippen molar-refractivity contribution in [3.63, 3.8) is 0 Å². The zero-order valence-corrected chi connectivity index (χ0v) is 14.7. The monoisotopic (exact) mass is 368 g/mol. The SMILES string of the molecule is CS(=O)(=O)OCC1CCc2cc(F)cc(Sc3ccccc3)c2O1. The van der Waals surface area contributed by atoms with E-state index >= 15 is 0 Å². The van der Waals surface area contributed by atoms with Crippen molar-refractivity contribution in [2.24, 2.45) is 0 Å². The topological polar surface area (TPSA) is 52.6 Å². The largest absolute Gasteiger partial charge is 0.486 e. The van der Waals surface area contributed by atoms with Gasteiger partial charge in [0.15, 0.2) is 0 Å². The fourth-order valence-electron chi connectivity index (χ4n) is 2.49. The Balaban J connectivity index is 1.83. The summed E-state index contributed by atoms with van der Waals surface area (Å²) in [6, 6.07) is 12.5. The number of fused-ring (bicyclic) bond motifs is 1. The highest BCUT2D eigenvalue weighted by molar-refractivity contribution is 7.99. The zero-order valence-electron chi connectivity index (χ0n) is 13.1. The Morgan fingerprint density at radius 2 is 2.04 bits per heavy atom. The third-order valence-electron chi connectivity index (χ3n) is 3.56. The van der Waals surface area contributed by atoms with Gasteiger partial charge in [-0.25, -0.2) is 4.39 Å². The normalized spacial score (nSPS) is 17.2. The molecule has 0 N–H and O–H groups in total. The van der Waals surface area contributed by atoms with Gasteiger partial charge in [-0.1, -0.05) is 30.0 Å². The van der Waals surface area contributed by atoms with Crippen LogP contribution in [-0.2, 0) is 20.7 Å². The molecule has 1 unspecified atom stereocenters. The third kappa shape index (κ3) is 4.49. The lowest BCUT2D eigenvalue weighted by atomic mass is 10.0. The van der Waals surface area contributed by atoms with Crippen molar-refractivity contribution in [3.05, 3.63) is 53.8 Å². The average Bonchev–Trinajstić information content (AvgIpc) is 2.53. The van der Waals surface area contributed by atoms with Crippen LogP contribution in [0.25, 0.3) is 0 Å². The molecule has 7 heteroatoms. The predicted octanol–water partition coefficient (Wildman–Crippen LogP) is 3.65. The molecule has 1 heterocycles. The van der Waals surface area contributed by atoms with Crippen LogP contribution in [0.15, 0.2) is 52.3 Å². The second kappa shape index (κ2) is 7.13. The molecule has 0 bridgehead atoms. The van der Waals surface area contributed by atoms with Gasteiger partial charge in [-0.15, -0.1) is 0 Å². The third-order valence-corrected chi connectivity index (χ3v) is 5.15. The molecule has 0 radical (unpaired) electrons. The van der Waals surface area contributed by atoms with Gasteiger partial charge in [-0.2, -0.15) is 8.42 Å². The maximum Gasteiger partial charge on any atom is 0.264 e. The summed E-state index contributed by atoms with van der Waals surface area (Å²) in [5, 5.41) is 0. The van der Waals surface area contributed by atoms with Gasteiger partial charge in [0, 0.05) is 4.90 Å². The molecule has 4 nitrogen and oxygen atoms in total. The highest BCUT2D eigenvalue weighted by atomic mass is 32.2. The first kappa shape index (κ1) is 17.3. The van der Waals surface area contributed by atoms with Gasteiger partial charge in [0.2, 0.25) is 0 Å². The minimum absolute atomic E-state index is 0.0366. The standard InChI is InChI=1S/C17H17FO4S2/c1-24(19,20)21-11-14-8-7-12-9-13(18)10-16(17(12)22-14)23-15-5-3-2-4-6-15/h2-6,9-10,14H,7-8,11H2,1H3. The van der Waals surface area contributed by atoms with Crippen LogP contribution in [0.5, 0.6) is 5.75 Å². The lowest BCUT2D eigenvalue weighted by Crippen LogP contribution is -2.29. The minimum Gasteiger partial charge on any atom is -0.486 e. The van der Waals surface area contributed by atoms with Crippen molar-refractivity contribution < 1.29 is 21.7 Å². The average molecular weight is 368 g/mol. The van der Waals surface area contributed by atoms with Gasteiger partial charge in [0.05, 0.1) is 11.2 Å². The molecule has 0 amide bonds. The van der Waals surface area contributed by atoms with Crippen molar-refractivity contribution in [2.75, 3.05) is 12.9 Å². The van der Waals surface area contributed by atoms with E-state index in [1.165, 1.54) is 23.9 Å². The maximum absolute atomic E-state index is 13.9. The van der Waals surface area contributed by atoms with E-state index in [0.717, 1.165) is 16.7 Å². The number of hydrogen-bond donors (Lipinski definition) is 0. The van der Waals surface area contributed by atoms with E-state index in [9.17, 15) is 12.8 Å². The minimum atomic E-state index is -3.51. The van der Waals surface area contributed by atoms with E-state index < -0.39 is 10.1 Å². The lowest BCUT2D eigenvalue weighted by molar-refractivity contribution is 0.110. The summed E-state index contributed by atoms with van der Waals surface area (Å²) in [5.74, 6) is 0.306. The van der Waals surface area contributed by atoms with Crippen molar-refractivity contribution >= 4 is 21.9 Å². The van der Waals surface area contributed by atoms with Gasteiger partial charge in [-0.3, -0.25) is 4.18 Å². The maximum atomic E-state index is 13.9. The van der Waals surface area contributed by atoms with Crippen LogP contribution in [-0.4, -0.2) is 27.4 Å². The fourth-order valence-corrected chi connectivity index (χ4v) is 3.88. The molecule has 1 aliphatic heterocycles. The molecule has 24 heavy (non-hydrogen) atoms. The quantitative estimate of drug-likeness (QED) is 0.754. The molecule has 1 atom stereocenters. The number of rotatable bonds is 5. The van der Waals surface area contributed by atoms with Gasteiger partial charge >= 0.3 is 0 Å². The summed E-state index contributed by atoms with van der Waals surface area (Å²) in [6.45, 7) is -0.0366. The van der Waals surface area contributed by atoms with Crippen molar-refractivity contribution in [3.8, 4) is 5.75 Å². The Bertz CT molecular complexity index is 822. The molecule has 0 aliphatic carbocycles. The molecule has 0 spiro atoms. The van der Waals surface area contributed by atoms with E-state index in [2.05, 4.69) is 0 Å². The number of benzene rings is 2. The van der Waals surface area contributed by atoms with Crippen LogP contribution >= 0.6 is 11.8 Å². The van der Waals surface area contributed by atoms with Crippen molar-refractivity contribution in [1.82, 2.24) is 0 Å². The Hall–Kier alpha value is -1.57. The highest BCUT2D eigenvalue weighted by Gasteiger charge is 2.25. The number of halogens is 1. The first-order chi connectivity index (χ1) is 11.4. The van der Waals surface area contributed by atoms with Crippen molar-refractivity contribution in [1.29, 1.82) is 0 Å². The van der Waals surface area contributed by atoms with Gasteiger partial charge in [0.1, 0.15) is 24.3 Å². The van der Waals surface area contributed by atoms with Crippen LogP contribution < -0.4 is 4.74 Å². The molecule has 0 saturated carbocycles. The van der Waals surface area contributed by atoms with E-state index in [1.54, 1.807) is 0 Å². The molecule has 0 fully saturated rings. The Morgan fingerprint density at radius 1 is 1.29 bits per heavy atom. The van der Waals surface area contributed by atoms with Crippen LogP contribution in [0, 0.1) is 5.82 Å². The number of aryl methyl sites for hydroxylation is 1. The van der Waals surface area contributed by atoms with Gasteiger partial charge < -0.3 is 4.74 Å². The van der Waals surface area contributed by atoms with Gasteiger partial charge in [0.25, 0.3) is 10.1 Å². The summed E-state index contributed by atoms with van der Waals surface area (Å²) in [4.78, 5) is 1.66. The molecule has 2 aromatic carbocycles. The van der Waals surface area contributed by atoms with Crippen LogP contribution in [0.1, 0.15) is 12.0 Å². The molecule has 0 saturated heterocycles. The van der Waals surface area contributed by atoms with E-state index in [0.29, 0.717) is 23.5 Å². The van der Waals surface area contributed by atoms with E-state index in [4.69, 9.17) is 8.92 Å². The van der Waals surface area contributed by atoms with Crippen LogP contribution in [0.3, 0.4) is 0 Å². The molecule has 128 valence electrons. The van der Waals surface area contributed by atoms with Crippen LogP contribution in [0.4, 0.5) is 4.39 Å². The second-order valence-electron chi connectivity index (χ2n) is 5.57. The second-order valence-corrected chi connectivity index (χ2v) is 8.33. The first-order valence-corrected chi connectivity index (χ1v) is 10.1. The van der Waals surface area contributed by atoms with Crippen LogP contribution in [0.2, 0.25) is 0 Å². The van der Waals surface area contributed by atoms with Crippen molar-refractivity contribution in [2.45, 2.75) is 28.7 Å². The highest BCUT2D eigenvalue weighted by Crippen LogP contribution is 2.41. The summed E-state index contributed by atoms with van der Waals surface area (Å²) in [6.07, 6.45) is 1.85. The van der Waals surface area contributed by atoms with E-state index in [1.807, 2.05) is 30.3 Å². The summed E-state index contributed by atoms with van der Waals surface area (Å²) in [7, 11) is -3.51. The molecular weight excluding hydrogens is 351 g/mol. The smallest absolute Gasteiger partial charge is 0.264 e. The molecule has 1 aliphatic rings. The summed E-state index contributed by atoms with van der Waals surface area (Å²) >= 11 is 1.42. The Morgan fingerprint density at radius 3 is 2.75 bits per heavy atom. The van der Waals surface area contributed by atoms with E-state index in [-0.39, 0.29) is 18.5 Å². The fraction of sp³-hybridized carbons (Fsp3) is 0.294. The molecule has 3 rings (SSSR count). The number of ether oxygens (including phenoxy) is 1. The molecular formula is C17H17FO4S2. The Labute approximate surface area is 145 Å². The molecule has 0 aromatic heterocycles. The summed E-state index contributed by atoms with van der Waals surface area (Å²) < 4.78 is 46.9. The number of hydrogen-bond acceptors (Lipinski definition) is 5. The van der Waals surface area contributed by atoms with Gasteiger partial charge in [-0.05, 0) is 42.7 Å². The first-order valence-electron chi connectivity index (χ1n) is 7.47. The summed E-state index contributed by atoms with van der Waals surface area (Å²) in [5.41, 5.74) is 0.795. The molecule has 2 aromatic rings. The zero-order chi connectivity index (χ0) is 17.2. The Kier molecular flexibility index (Phi) is 5.12. The lowest BCUT2D eigenvalue weighted by Gasteiger charge is -2.27.